The topological polar surface area (TPSA) is 21.3 Å². The zero-order valence-corrected chi connectivity index (χ0v) is 29.9. The summed E-state index contributed by atoms with van der Waals surface area (Å²) in [5, 5.41) is 7.04. The number of fused-ring (bicyclic) bond motifs is 7. The van der Waals surface area contributed by atoms with Crippen molar-refractivity contribution in [2.24, 2.45) is 0 Å². The van der Waals surface area contributed by atoms with E-state index >= 15 is 0 Å². The smallest absolute Gasteiger partial charge is 0.143 e. The van der Waals surface area contributed by atoms with E-state index in [2.05, 4.69) is 210 Å². The molecule has 3 nitrogen and oxygen atoms in total. The van der Waals surface area contributed by atoms with Gasteiger partial charge in [0.2, 0.25) is 0 Å². The predicted octanol–water partition coefficient (Wildman–Crippen LogP) is 14.6. The molecule has 0 radical (unpaired) electrons. The third kappa shape index (κ3) is 4.91. The first kappa shape index (κ1) is 31.2. The summed E-state index contributed by atoms with van der Waals surface area (Å²) >= 11 is 0. The highest BCUT2D eigenvalue weighted by molar-refractivity contribution is 6.18. The molecule has 0 N–H and O–H groups in total. The summed E-state index contributed by atoms with van der Waals surface area (Å²) in [7, 11) is 0. The molecule has 0 amide bonds. The number of benzene rings is 9. The van der Waals surface area contributed by atoms with Crippen LogP contribution < -0.4 is 4.90 Å². The van der Waals surface area contributed by atoms with E-state index in [-0.39, 0.29) is 0 Å². The van der Waals surface area contributed by atoms with E-state index in [0.29, 0.717) is 0 Å². The number of nitrogens with zero attached hydrogens (tertiary/aromatic N) is 2. The van der Waals surface area contributed by atoms with Gasteiger partial charge in [-0.1, -0.05) is 158 Å². The second-order valence-corrected chi connectivity index (χ2v) is 14.0. The minimum Gasteiger partial charge on any atom is -0.455 e. The number of hydrogen-bond donors (Lipinski definition) is 0. The summed E-state index contributed by atoms with van der Waals surface area (Å²) in [6, 6.07) is 73.9. The van der Waals surface area contributed by atoms with Crippen LogP contribution in [0.15, 0.2) is 211 Å². The van der Waals surface area contributed by atoms with Gasteiger partial charge in [0.25, 0.3) is 0 Å². The van der Waals surface area contributed by atoms with Gasteiger partial charge >= 0.3 is 0 Å². The van der Waals surface area contributed by atoms with Crippen molar-refractivity contribution in [1.82, 2.24) is 4.57 Å². The zero-order chi connectivity index (χ0) is 36.3. The van der Waals surface area contributed by atoms with Crippen molar-refractivity contribution in [2.45, 2.75) is 0 Å². The van der Waals surface area contributed by atoms with Crippen LogP contribution in [0.1, 0.15) is 0 Å². The molecule has 0 unspecified atom stereocenters. The van der Waals surface area contributed by atoms with Crippen LogP contribution in [0.4, 0.5) is 17.1 Å². The van der Waals surface area contributed by atoms with Gasteiger partial charge in [-0.05, 0) is 64.9 Å². The standard InChI is InChI=1S/C52H34N2O/c1-2-19-36(20-3-1)53-47-31-12-8-25-44(47)51-48(53)32-16-33-49(51)54(45-29-10-6-22-39(45)38-26-14-18-35-17-4-5-21-37(35)38)46-30-11-7-23-40(46)42-27-15-28-43-41-24-9-13-34-50(41)55-52(42)43/h1-34H. The van der Waals surface area contributed by atoms with E-state index in [1.165, 1.54) is 32.6 Å². The van der Waals surface area contributed by atoms with Crippen molar-refractivity contribution < 1.29 is 4.42 Å². The molecule has 0 spiro atoms. The van der Waals surface area contributed by atoms with E-state index < -0.39 is 0 Å². The minimum atomic E-state index is 0.886. The average Bonchev–Trinajstić information content (AvgIpc) is 3.81. The Labute approximate surface area is 318 Å². The summed E-state index contributed by atoms with van der Waals surface area (Å²) in [5.41, 5.74) is 12.9. The van der Waals surface area contributed by atoms with Crippen LogP contribution >= 0.6 is 0 Å². The molecular weight excluding hydrogens is 669 g/mol. The van der Waals surface area contributed by atoms with E-state index in [1.807, 2.05) is 6.07 Å². The number of anilines is 3. The fourth-order valence-electron chi connectivity index (χ4n) is 8.64. The molecule has 55 heavy (non-hydrogen) atoms. The molecule has 11 rings (SSSR count). The fourth-order valence-corrected chi connectivity index (χ4v) is 8.64. The molecule has 0 aliphatic rings. The second kappa shape index (κ2) is 12.6. The molecule has 0 aliphatic heterocycles. The number of hydrogen-bond acceptors (Lipinski definition) is 2. The molecule has 3 heteroatoms. The van der Waals surface area contributed by atoms with Gasteiger partial charge in [-0.2, -0.15) is 0 Å². The first-order chi connectivity index (χ1) is 27.3. The lowest BCUT2D eigenvalue weighted by molar-refractivity contribution is 0.670. The number of para-hydroxylation sites is 6. The molecule has 9 aromatic carbocycles. The minimum absolute atomic E-state index is 0.886. The van der Waals surface area contributed by atoms with Crippen molar-refractivity contribution in [3.05, 3.63) is 206 Å². The Morgan fingerprint density at radius 2 is 0.873 bits per heavy atom. The predicted molar refractivity (Wildman–Crippen MR) is 231 cm³/mol. The highest BCUT2D eigenvalue weighted by Crippen LogP contribution is 2.50. The molecular formula is C52H34N2O. The summed E-state index contributed by atoms with van der Waals surface area (Å²) in [5.74, 6) is 0. The van der Waals surface area contributed by atoms with Gasteiger partial charge in [-0.3, -0.25) is 0 Å². The quantitative estimate of drug-likeness (QED) is 0.172. The van der Waals surface area contributed by atoms with E-state index in [1.54, 1.807) is 0 Å². The van der Waals surface area contributed by atoms with Crippen molar-refractivity contribution in [3.8, 4) is 27.9 Å². The fraction of sp³-hybridized carbons (Fsp3) is 0. The lowest BCUT2D eigenvalue weighted by Gasteiger charge is -2.31. The van der Waals surface area contributed by atoms with Crippen LogP contribution in [0.2, 0.25) is 0 Å². The Morgan fingerprint density at radius 1 is 0.345 bits per heavy atom. The van der Waals surface area contributed by atoms with Crippen LogP contribution in [0.25, 0.3) is 82.5 Å². The van der Waals surface area contributed by atoms with Crippen molar-refractivity contribution in [2.75, 3.05) is 4.90 Å². The number of aromatic nitrogens is 1. The van der Waals surface area contributed by atoms with Gasteiger partial charge in [0, 0.05) is 43.9 Å². The largest absolute Gasteiger partial charge is 0.455 e. The summed E-state index contributed by atoms with van der Waals surface area (Å²) < 4.78 is 9.08. The van der Waals surface area contributed by atoms with Crippen LogP contribution in [0.3, 0.4) is 0 Å². The van der Waals surface area contributed by atoms with Gasteiger partial charge < -0.3 is 13.9 Å². The van der Waals surface area contributed by atoms with Gasteiger partial charge in [-0.15, -0.1) is 0 Å². The van der Waals surface area contributed by atoms with Gasteiger partial charge in [0.05, 0.1) is 28.1 Å². The average molecular weight is 703 g/mol. The molecule has 2 aromatic heterocycles. The van der Waals surface area contributed by atoms with Crippen LogP contribution in [0.5, 0.6) is 0 Å². The first-order valence-electron chi connectivity index (χ1n) is 18.8. The molecule has 11 aromatic rings. The molecule has 0 fully saturated rings. The van der Waals surface area contributed by atoms with Crippen LogP contribution in [-0.4, -0.2) is 4.57 Å². The Hall–Kier alpha value is -7.36. The molecule has 0 saturated carbocycles. The summed E-state index contributed by atoms with van der Waals surface area (Å²) in [4.78, 5) is 2.48. The van der Waals surface area contributed by atoms with Gasteiger partial charge in [0.15, 0.2) is 0 Å². The summed E-state index contributed by atoms with van der Waals surface area (Å²) in [6.45, 7) is 0. The molecule has 0 bridgehead atoms. The lowest BCUT2D eigenvalue weighted by Crippen LogP contribution is -2.13. The number of rotatable bonds is 6. The Bertz CT molecular complexity index is 3220. The Kier molecular flexibility index (Phi) is 7.17. The number of furan rings is 1. The maximum atomic E-state index is 6.68. The van der Waals surface area contributed by atoms with Crippen LogP contribution in [0, 0.1) is 0 Å². The maximum Gasteiger partial charge on any atom is 0.143 e. The van der Waals surface area contributed by atoms with E-state index in [4.69, 9.17) is 4.42 Å². The zero-order valence-electron chi connectivity index (χ0n) is 29.9. The molecule has 0 saturated heterocycles. The van der Waals surface area contributed by atoms with E-state index in [0.717, 1.165) is 66.9 Å². The lowest BCUT2D eigenvalue weighted by atomic mass is 9.94. The highest BCUT2D eigenvalue weighted by Gasteiger charge is 2.26. The maximum absolute atomic E-state index is 6.68. The van der Waals surface area contributed by atoms with Crippen molar-refractivity contribution in [3.63, 3.8) is 0 Å². The van der Waals surface area contributed by atoms with Crippen molar-refractivity contribution in [1.29, 1.82) is 0 Å². The van der Waals surface area contributed by atoms with Crippen molar-refractivity contribution >= 4 is 71.6 Å². The molecule has 0 aliphatic carbocycles. The SMILES string of the molecule is c1ccc(-n2c3ccccc3c3c(N(c4ccccc4-c4cccc5ccccc45)c4ccccc4-c4cccc5c4oc4ccccc45)cccc32)cc1. The highest BCUT2D eigenvalue weighted by atomic mass is 16.3. The van der Waals surface area contributed by atoms with Gasteiger partial charge in [0.1, 0.15) is 11.2 Å². The Morgan fingerprint density at radius 3 is 1.71 bits per heavy atom. The third-order valence-corrected chi connectivity index (χ3v) is 11.0. The molecule has 258 valence electrons. The van der Waals surface area contributed by atoms with E-state index in [9.17, 15) is 0 Å². The Balaban J connectivity index is 1.26. The first-order valence-corrected chi connectivity index (χ1v) is 18.8. The molecule has 2 heterocycles. The third-order valence-electron chi connectivity index (χ3n) is 11.0. The second-order valence-electron chi connectivity index (χ2n) is 14.0. The summed E-state index contributed by atoms with van der Waals surface area (Å²) in [6.07, 6.45) is 0. The molecule has 0 atom stereocenters. The van der Waals surface area contributed by atoms with Gasteiger partial charge in [-0.25, -0.2) is 0 Å². The monoisotopic (exact) mass is 702 g/mol. The van der Waals surface area contributed by atoms with Crippen LogP contribution in [-0.2, 0) is 0 Å². The normalized spacial score (nSPS) is 11.6.